The van der Waals surface area contributed by atoms with Crippen LogP contribution >= 0.6 is 11.6 Å². The highest BCUT2D eigenvalue weighted by Gasteiger charge is 2.53. The maximum absolute atomic E-state index is 13.6. The molecule has 0 aromatic heterocycles. The van der Waals surface area contributed by atoms with Crippen molar-refractivity contribution >= 4 is 44.6 Å². The SMILES string of the molecule is CC(=O)Nc1ccc(NC(=O)C2(S(=O)(=O)c3ccc(C)c(C)c3)CCCC2)cc1Cl. The third-order valence-corrected chi connectivity index (χ3v) is 8.48. The van der Waals surface area contributed by atoms with Gasteiger partial charge < -0.3 is 10.6 Å². The number of rotatable bonds is 5. The summed E-state index contributed by atoms with van der Waals surface area (Å²) >= 11 is 6.19. The van der Waals surface area contributed by atoms with E-state index >= 15 is 0 Å². The number of hydrogen-bond acceptors (Lipinski definition) is 4. The van der Waals surface area contributed by atoms with Crippen LogP contribution in [0.5, 0.6) is 0 Å². The summed E-state index contributed by atoms with van der Waals surface area (Å²) in [6.45, 7) is 5.14. The second-order valence-electron chi connectivity index (χ2n) is 7.78. The van der Waals surface area contributed by atoms with Gasteiger partial charge in [-0.05, 0) is 68.1 Å². The van der Waals surface area contributed by atoms with E-state index in [0.29, 0.717) is 24.2 Å². The van der Waals surface area contributed by atoms with Crippen molar-refractivity contribution in [3.05, 3.63) is 52.5 Å². The molecule has 1 aliphatic carbocycles. The number of amides is 2. The second-order valence-corrected chi connectivity index (χ2v) is 10.4. The Hall–Kier alpha value is -2.38. The Morgan fingerprint density at radius 1 is 0.967 bits per heavy atom. The molecule has 8 heteroatoms. The summed E-state index contributed by atoms with van der Waals surface area (Å²) in [7, 11) is -3.90. The molecule has 2 amide bonds. The van der Waals surface area contributed by atoms with E-state index in [1.807, 2.05) is 13.8 Å². The van der Waals surface area contributed by atoms with Gasteiger partial charge in [0.05, 0.1) is 15.6 Å². The van der Waals surface area contributed by atoms with Crippen molar-refractivity contribution in [3.63, 3.8) is 0 Å². The van der Waals surface area contributed by atoms with Gasteiger partial charge in [-0.15, -0.1) is 0 Å². The first kappa shape index (κ1) is 22.3. The summed E-state index contributed by atoms with van der Waals surface area (Å²) < 4.78 is 25.6. The monoisotopic (exact) mass is 448 g/mol. The molecule has 30 heavy (non-hydrogen) atoms. The minimum Gasteiger partial charge on any atom is -0.325 e. The van der Waals surface area contributed by atoms with E-state index in [1.165, 1.54) is 13.0 Å². The van der Waals surface area contributed by atoms with Gasteiger partial charge in [-0.3, -0.25) is 9.59 Å². The maximum Gasteiger partial charge on any atom is 0.246 e. The topological polar surface area (TPSA) is 92.3 Å². The summed E-state index contributed by atoms with van der Waals surface area (Å²) in [6.07, 6.45) is 1.87. The van der Waals surface area contributed by atoms with Crippen LogP contribution in [0.15, 0.2) is 41.3 Å². The molecule has 2 N–H and O–H groups in total. The number of anilines is 2. The van der Waals surface area contributed by atoms with Crippen molar-refractivity contribution in [2.24, 2.45) is 0 Å². The van der Waals surface area contributed by atoms with Crippen LogP contribution in [0.2, 0.25) is 5.02 Å². The zero-order valence-electron chi connectivity index (χ0n) is 17.2. The third kappa shape index (κ3) is 4.09. The first-order valence-electron chi connectivity index (χ1n) is 9.77. The highest BCUT2D eigenvalue weighted by Crippen LogP contribution is 2.42. The molecule has 1 fully saturated rings. The van der Waals surface area contributed by atoms with Crippen molar-refractivity contribution in [3.8, 4) is 0 Å². The van der Waals surface area contributed by atoms with Gasteiger partial charge >= 0.3 is 0 Å². The lowest BCUT2D eigenvalue weighted by Crippen LogP contribution is -2.47. The Morgan fingerprint density at radius 2 is 1.63 bits per heavy atom. The van der Waals surface area contributed by atoms with Crippen LogP contribution in [-0.2, 0) is 19.4 Å². The number of carbonyl (C=O) groups is 2. The summed E-state index contributed by atoms with van der Waals surface area (Å²) in [5.74, 6) is -0.820. The Balaban J connectivity index is 1.94. The fourth-order valence-electron chi connectivity index (χ4n) is 3.80. The van der Waals surface area contributed by atoms with Crippen molar-refractivity contribution in [1.29, 1.82) is 0 Å². The van der Waals surface area contributed by atoms with Gasteiger partial charge in [0.2, 0.25) is 11.8 Å². The predicted molar refractivity (Wildman–Crippen MR) is 119 cm³/mol. The minimum atomic E-state index is -3.90. The molecule has 0 atom stereocenters. The Kier molecular flexibility index (Phi) is 6.24. The lowest BCUT2D eigenvalue weighted by molar-refractivity contribution is -0.118. The molecule has 0 unspecified atom stereocenters. The number of halogens is 1. The van der Waals surface area contributed by atoms with Crippen LogP contribution in [0, 0.1) is 13.8 Å². The van der Waals surface area contributed by atoms with Crippen LogP contribution < -0.4 is 10.6 Å². The highest BCUT2D eigenvalue weighted by atomic mass is 35.5. The number of hydrogen-bond donors (Lipinski definition) is 2. The van der Waals surface area contributed by atoms with E-state index in [9.17, 15) is 18.0 Å². The Morgan fingerprint density at radius 3 is 2.20 bits per heavy atom. The highest BCUT2D eigenvalue weighted by molar-refractivity contribution is 7.93. The van der Waals surface area contributed by atoms with Gasteiger partial charge in [0, 0.05) is 12.6 Å². The van der Waals surface area contributed by atoms with Crippen LogP contribution in [0.1, 0.15) is 43.7 Å². The van der Waals surface area contributed by atoms with Gasteiger partial charge in [-0.1, -0.05) is 30.5 Å². The van der Waals surface area contributed by atoms with Crippen molar-refractivity contribution in [2.75, 3.05) is 10.6 Å². The Labute approximate surface area is 181 Å². The van der Waals surface area contributed by atoms with E-state index < -0.39 is 20.5 Å². The standard InChI is InChI=1S/C22H25ClN2O4S/c1-14-6-8-18(12-15(14)2)30(28,29)22(10-4-5-11-22)21(27)25-17-7-9-20(19(23)13-17)24-16(3)26/h6-9,12-13H,4-5,10-11H2,1-3H3,(H,24,26)(H,25,27). The largest absolute Gasteiger partial charge is 0.325 e. The number of aryl methyl sites for hydroxylation is 2. The first-order valence-corrected chi connectivity index (χ1v) is 11.6. The molecule has 3 rings (SSSR count). The van der Waals surface area contributed by atoms with E-state index in [-0.39, 0.29) is 28.7 Å². The molecule has 2 aromatic rings. The van der Waals surface area contributed by atoms with Gasteiger partial charge in [0.1, 0.15) is 0 Å². The molecule has 0 radical (unpaired) electrons. The molecule has 0 aliphatic heterocycles. The average Bonchev–Trinajstić information content (AvgIpc) is 3.17. The van der Waals surface area contributed by atoms with Crippen LogP contribution in [0.25, 0.3) is 0 Å². The molecule has 0 bridgehead atoms. The average molecular weight is 449 g/mol. The summed E-state index contributed by atoms with van der Waals surface area (Å²) in [5.41, 5.74) is 2.65. The number of carbonyl (C=O) groups excluding carboxylic acids is 2. The summed E-state index contributed by atoms with van der Waals surface area (Å²) in [5, 5.41) is 5.58. The number of sulfone groups is 1. The summed E-state index contributed by atoms with van der Waals surface area (Å²) in [6, 6.07) is 9.62. The zero-order chi connectivity index (χ0) is 22.1. The van der Waals surface area contributed by atoms with Gasteiger partial charge in [-0.2, -0.15) is 0 Å². The lowest BCUT2D eigenvalue weighted by atomic mass is 10.1. The van der Waals surface area contributed by atoms with Crippen molar-refractivity contribution in [1.82, 2.24) is 0 Å². The van der Waals surface area contributed by atoms with Crippen LogP contribution in [-0.4, -0.2) is 25.0 Å². The molecule has 1 aliphatic rings. The molecular formula is C22H25ClN2O4S. The van der Waals surface area contributed by atoms with Crippen LogP contribution in [0.3, 0.4) is 0 Å². The van der Waals surface area contributed by atoms with Crippen LogP contribution in [0.4, 0.5) is 11.4 Å². The van der Waals surface area contributed by atoms with E-state index in [2.05, 4.69) is 10.6 Å². The molecule has 2 aromatic carbocycles. The summed E-state index contributed by atoms with van der Waals surface area (Å²) in [4.78, 5) is 24.7. The molecule has 160 valence electrons. The third-order valence-electron chi connectivity index (χ3n) is 5.67. The fraction of sp³-hybridized carbons (Fsp3) is 0.364. The van der Waals surface area contributed by atoms with E-state index in [0.717, 1.165) is 11.1 Å². The molecule has 6 nitrogen and oxygen atoms in total. The minimum absolute atomic E-state index is 0.168. The smallest absolute Gasteiger partial charge is 0.246 e. The first-order chi connectivity index (χ1) is 14.1. The molecule has 0 spiro atoms. The quantitative estimate of drug-likeness (QED) is 0.696. The van der Waals surface area contributed by atoms with E-state index in [4.69, 9.17) is 11.6 Å². The predicted octanol–water partition coefficient (Wildman–Crippen LogP) is 4.64. The lowest BCUT2D eigenvalue weighted by Gasteiger charge is -2.28. The van der Waals surface area contributed by atoms with Gasteiger partial charge in [-0.25, -0.2) is 8.42 Å². The van der Waals surface area contributed by atoms with Crippen molar-refractivity contribution in [2.45, 2.75) is 56.1 Å². The maximum atomic E-state index is 13.6. The van der Waals surface area contributed by atoms with Gasteiger partial charge in [0.15, 0.2) is 14.6 Å². The molecule has 1 saturated carbocycles. The van der Waals surface area contributed by atoms with E-state index in [1.54, 1.807) is 30.3 Å². The molecule has 0 heterocycles. The second kappa shape index (κ2) is 8.40. The van der Waals surface area contributed by atoms with Gasteiger partial charge in [0.25, 0.3) is 0 Å². The zero-order valence-corrected chi connectivity index (χ0v) is 18.8. The van der Waals surface area contributed by atoms with Crippen molar-refractivity contribution < 1.29 is 18.0 Å². The molecule has 0 saturated heterocycles. The Bertz CT molecular complexity index is 1110. The molecular weight excluding hydrogens is 424 g/mol. The normalized spacial score (nSPS) is 15.6. The number of nitrogens with one attached hydrogen (secondary N) is 2. The fourth-order valence-corrected chi connectivity index (χ4v) is 6.18. The number of benzene rings is 2.